The van der Waals surface area contributed by atoms with Crippen molar-refractivity contribution in [3.05, 3.63) is 52.7 Å². The average molecular weight is 311 g/mol. The predicted octanol–water partition coefficient (Wildman–Crippen LogP) is 4.09. The van der Waals surface area contributed by atoms with E-state index in [1.165, 1.54) is 24.1 Å². The molecule has 3 rings (SSSR count). The van der Waals surface area contributed by atoms with Gasteiger partial charge in [-0.15, -0.1) is 0 Å². The van der Waals surface area contributed by atoms with Crippen molar-refractivity contribution >= 4 is 11.5 Å². The van der Waals surface area contributed by atoms with Gasteiger partial charge in [-0.3, -0.25) is 0 Å². The second-order valence-electron chi connectivity index (χ2n) is 6.26. The summed E-state index contributed by atoms with van der Waals surface area (Å²) in [5.74, 6) is -0.164. The molecular formula is C20H25NO2. The lowest BCUT2D eigenvalue weighted by Crippen LogP contribution is -2.22. The number of hydrogen-bond acceptors (Lipinski definition) is 3. The van der Waals surface area contributed by atoms with Gasteiger partial charge in [0, 0.05) is 24.4 Å². The second-order valence-corrected chi connectivity index (χ2v) is 6.26. The molecule has 0 radical (unpaired) electrons. The maximum absolute atomic E-state index is 12.4. The Morgan fingerprint density at radius 2 is 1.91 bits per heavy atom. The van der Waals surface area contributed by atoms with Crippen molar-refractivity contribution in [2.75, 3.05) is 19.7 Å². The smallest absolute Gasteiger partial charge is 0.334 e. The van der Waals surface area contributed by atoms with Gasteiger partial charge < -0.3 is 9.64 Å². The van der Waals surface area contributed by atoms with Crippen LogP contribution in [-0.2, 0) is 9.53 Å². The van der Waals surface area contributed by atoms with E-state index in [0.29, 0.717) is 6.61 Å². The molecule has 23 heavy (non-hydrogen) atoms. The lowest BCUT2D eigenvalue weighted by atomic mass is 9.88. The van der Waals surface area contributed by atoms with Gasteiger partial charge in [0.25, 0.3) is 0 Å². The summed E-state index contributed by atoms with van der Waals surface area (Å²) in [5.41, 5.74) is 5.59. The Morgan fingerprint density at radius 1 is 1.17 bits per heavy atom. The molecule has 1 saturated heterocycles. The van der Waals surface area contributed by atoms with Gasteiger partial charge in [-0.1, -0.05) is 24.3 Å². The second kappa shape index (κ2) is 7.03. The topological polar surface area (TPSA) is 29.5 Å². The van der Waals surface area contributed by atoms with Crippen molar-refractivity contribution in [2.24, 2.45) is 0 Å². The minimum absolute atomic E-state index is 0.164. The quantitative estimate of drug-likeness (QED) is 0.785. The van der Waals surface area contributed by atoms with Gasteiger partial charge in [0.15, 0.2) is 0 Å². The maximum Gasteiger partial charge on any atom is 0.334 e. The lowest BCUT2D eigenvalue weighted by molar-refractivity contribution is -0.138. The molecule has 0 spiro atoms. The number of rotatable bonds is 4. The van der Waals surface area contributed by atoms with Crippen LogP contribution in [0.1, 0.15) is 43.7 Å². The number of hydrogen-bond donors (Lipinski definition) is 0. The number of ether oxygens (including phenoxy) is 1. The zero-order chi connectivity index (χ0) is 16.2. The van der Waals surface area contributed by atoms with E-state index in [2.05, 4.69) is 30.0 Å². The van der Waals surface area contributed by atoms with Gasteiger partial charge in [-0.05, 0) is 62.3 Å². The van der Waals surface area contributed by atoms with Crippen LogP contribution < -0.4 is 0 Å². The normalized spacial score (nSPS) is 18.2. The Kier molecular flexibility index (Phi) is 4.85. The van der Waals surface area contributed by atoms with Crippen LogP contribution in [0.3, 0.4) is 0 Å². The van der Waals surface area contributed by atoms with Gasteiger partial charge in [-0.2, -0.15) is 0 Å². The monoisotopic (exact) mass is 311 g/mol. The first-order valence-corrected chi connectivity index (χ1v) is 8.62. The number of allylic oxidation sites excluding steroid dienone is 3. The molecular weight excluding hydrogens is 286 g/mol. The zero-order valence-electron chi connectivity index (χ0n) is 14.1. The molecule has 0 atom stereocenters. The summed E-state index contributed by atoms with van der Waals surface area (Å²) in [6.07, 6.45) is 6.47. The molecule has 1 aromatic rings. The summed E-state index contributed by atoms with van der Waals surface area (Å²) in [4.78, 5) is 14.9. The van der Waals surface area contributed by atoms with E-state index in [9.17, 15) is 4.79 Å². The van der Waals surface area contributed by atoms with Gasteiger partial charge >= 0.3 is 5.97 Å². The minimum atomic E-state index is -0.164. The predicted molar refractivity (Wildman–Crippen MR) is 92.9 cm³/mol. The van der Waals surface area contributed by atoms with E-state index in [1.54, 1.807) is 0 Å². The summed E-state index contributed by atoms with van der Waals surface area (Å²) in [6, 6.07) is 8.28. The molecule has 1 fully saturated rings. The SMILES string of the molecule is CCOC(=O)C1=C(c2ccccc2C)C=C(N2CCCC2)CC1. The van der Waals surface area contributed by atoms with Crippen molar-refractivity contribution in [1.29, 1.82) is 0 Å². The van der Waals surface area contributed by atoms with E-state index in [-0.39, 0.29) is 5.97 Å². The molecule has 1 aliphatic carbocycles. The van der Waals surface area contributed by atoms with E-state index >= 15 is 0 Å². The first-order valence-electron chi connectivity index (χ1n) is 8.62. The molecule has 0 aromatic heterocycles. The highest BCUT2D eigenvalue weighted by Gasteiger charge is 2.25. The number of carbonyl (C=O) groups excluding carboxylic acids is 1. The molecule has 0 saturated carbocycles. The van der Waals surface area contributed by atoms with Crippen molar-refractivity contribution in [3.63, 3.8) is 0 Å². The highest BCUT2D eigenvalue weighted by atomic mass is 16.5. The molecule has 0 unspecified atom stereocenters. The summed E-state index contributed by atoms with van der Waals surface area (Å²) in [7, 11) is 0. The Bertz CT molecular complexity index is 651. The van der Waals surface area contributed by atoms with Gasteiger partial charge in [0.2, 0.25) is 0 Å². The van der Waals surface area contributed by atoms with E-state index in [0.717, 1.165) is 42.6 Å². The van der Waals surface area contributed by atoms with Gasteiger partial charge in [0.05, 0.1) is 6.61 Å². The Morgan fingerprint density at radius 3 is 2.61 bits per heavy atom. The average Bonchev–Trinajstić information content (AvgIpc) is 3.09. The van der Waals surface area contributed by atoms with Crippen LogP contribution in [0.5, 0.6) is 0 Å². The minimum Gasteiger partial charge on any atom is -0.463 e. The summed E-state index contributed by atoms with van der Waals surface area (Å²) in [6.45, 7) is 6.67. The lowest BCUT2D eigenvalue weighted by Gasteiger charge is -2.27. The third-order valence-electron chi connectivity index (χ3n) is 4.74. The summed E-state index contributed by atoms with van der Waals surface area (Å²) in [5, 5.41) is 0. The molecule has 3 nitrogen and oxygen atoms in total. The molecule has 3 heteroatoms. The molecule has 1 aliphatic heterocycles. The third-order valence-corrected chi connectivity index (χ3v) is 4.74. The fraction of sp³-hybridized carbons (Fsp3) is 0.450. The fourth-order valence-electron chi connectivity index (χ4n) is 3.51. The molecule has 2 aliphatic rings. The van der Waals surface area contributed by atoms with Crippen molar-refractivity contribution in [2.45, 2.75) is 39.5 Å². The van der Waals surface area contributed by atoms with Crippen molar-refractivity contribution in [3.8, 4) is 0 Å². The van der Waals surface area contributed by atoms with E-state index in [1.807, 2.05) is 19.1 Å². The molecule has 1 aromatic carbocycles. The zero-order valence-corrected chi connectivity index (χ0v) is 14.1. The third kappa shape index (κ3) is 3.34. The Labute approximate surface area is 138 Å². The summed E-state index contributed by atoms with van der Waals surface area (Å²) >= 11 is 0. The molecule has 0 N–H and O–H groups in total. The molecule has 1 heterocycles. The maximum atomic E-state index is 12.4. The Balaban J connectivity index is 2.04. The van der Waals surface area contributed by atoms with Crippen LogP contribution >= 0.6 is 0 Å². The van der Waals surface area contributed by atoms with Crippen molar-refractivity contribution < 1.29 is 9.53 Å². The number of aryl methyl sites for hydroxylation is 1. The van der Waals surface area contributed by atoms with Crippen LogP contribution in [0.2, 0.25) is 0 Å². The highest BCUT2D eigenvalue weighted by Crippen LogP contribution is 2.35. The number of benzene rings is 1. The van der Waals surface area contributed by atoms with Crippen LogP contribution in [0.4, 0.5) is 0 Å². The fourth-order valence-corrected chi connectivity index (χ4v) is 3.51. The number of nitrogens with zero attached hydrogens (tertiary/aromatic N) is 1. The van der Waals surface area contributed by atoms with E-state index in [4.69, 9.17) is 4.74 Å². The largest absolute Gasteiger partial charge is 0.463 e. The first kappa shape index (κ1) is 15.9. The Hall–Kier alpha value is -2.03. The standard InChI is InChI=1S/C20H25NO2/c1-3-23-20(22)18-11-10-16(21-12-6-7-13-21)14-19(18)17-9-5-4-8-15(17)2/h4-5,8-9,14H,3,6-7,10-13H2,1-2H3. The van der Waals surface area contributed by atoms with Crippen LogP contribution in [0, 0.1) is 6.92 Å². The van der Waals surface area contributed by atoms with Gasteiger partial charge in [-0.25, -0.2) is 4.79 Å². The molecule has 0 amide bonds. The van der Waals surface area contributed by atoms with Crippen LogP contribution in [0.15, 0.2) is 41.6 Å². The van der Waals surface area contributed by atoms with Crippen LogP contribution in [-0.4, -0.2) is 30.6 Å². The summed E-state index contributed by atoms with van der Waals surface area (Å²) < 4.78 is 5.29. The molecule has 122 valence electrons. The van der Waals surface area contributed by atoms with Gasteiger partial charge in [0.1, 0.15) is 0 Å². The van der Waals surface area contributed by atoms with Crippen molar-refractivity contribution in [1.82, 2.24) is 4.90 Å². The van der Waals surface area contributed by atoms with E-state index < -0.39 is 0 Å². The number of likely N-dealkylation sites (tertiary alicyclic amines) is 1. The molecule has 0 bridgehead atoms. The number of esters is 1. The highest BCUT2D eigenvalue weighted by molar-refractivity contribution is 6.01. The number of carbonyl (C=O) groups is 1. The first-order chi connectivity index (χ1) is 11.2. The van der Waals surface area contributed by atoms with Crippen LogP contribution in [0.25, 0.3) is 5.57 Å².